The number of carbonyl (C=O) groups excluding carboxylic acids is 1. The fraction of sp³-hybridized carbons (Fsp3) is 0.471. The van der Waals surface area contributed by atoms with Crippen molar-refractivity contribution in [2.45, 2.75) is 44.6 Å². The number of amidine groups is 1. The highest BCUT2D eigenvalue weighted by Gasteiger charge is 2.21. The SMILES string of the molecule is O=C1Cc2ccc(C3=NNC(=NC4CCCCC4)SC3)cc2N1. The zero-order valence-electron chi connectivity index (χ0n) is 13.0. The second kappa shape index (κ2) is 6.35. The second-order valence-electron chi connectivity index (χ2n) is 6.28. The predicted octanol–water partition coefficient (Wildman–Crippen LogP) is 2.91. The summed E-state index contributed by atoms with van der Waals surface area (Å²) < 4.78 is 0. The van der Waals surface area contributed by atoms with E-state index < -0.39 is 0 Å². The monoisotopic (exact) mass is 328 g/mol. The summed E-state index contributed by atoms with van der Waals surface area (Å²) in [4.78, 5) is 16.2. The van der Waals surface area contributed by atoms with Crippen molar-refractivity contribution < 1.29 is 4.79 Å². The molecule has 0 bridgehead atoms. The maximum Gasteiger partial charge on any atom is 0.228 e. The molecular weight excluding hydrogens is 308 g/mol. The Hall–Kier alpha value is -1.82. The molecule has 6 heteroatoms. The number of hydrogen-bond donors (Lipinski definition) is 2. The van der Waals surface area contributed by atoms with Crippen LogP contribution in [-0.4, -0.2) is 28.6 Å². The molecule has 4 rings (SSSR count). The molecule has 120 valence electrons. The summed E-state index contributed by atoms with van der Waals surface area (Å²) in [5.41, 5.74) is 7.15. The van der Waals surface area contributed by atoms with Gasteiger partial charge in [-0.1, -0.05) is 43.2 Å². The van der Waals surface area contributed by atoms with Gasteiger partial charge in [0.2, 0.25) is 5.91 Å². The van der Waals surface area contributed by atoms with Crippen LogP contribution in [0.1, 0.15) is 43.2 Å². The molecule has 0 saturated heterocycles. The summed E-state index contributed by atoms with van der Waals surface area (Å²) in [6.45, 7) is 0. The lowest BCUT2D eigenvalue weighted by molar-refractivity contribution is -0.115. The van der Waals surface area contributed by atoms with E-state index in [2.05, 4.69) is 15.8 Å². The number of thioether (sulfide) groups is 1. The lowest BCUT2D eigenvalue weighted by Gasteiger charge is -2.21. The Kier molecular flexibility index (Phi) is 4.08. The maximum atomic E-state index is 11.4. The molecule has 0 spiro atoms. The van der Waals surface area contributed by atoms with Crippen LogP contribution < -0.4 is 10.7 Å². The topological polar surface area (TPSA) is 65.8 Å². The van der Waals surface area contributed by atoms with Gasteiger partial charge in [-0.3, -0.25) is 15.2 Å². The van der Waals surface area contributed by atoms with Crippen molar-refractivity contribution in [3.8, 4) is 0 Å². The normalized spacial score (nSPS) is 23.2. The van der Waals surface area contributed by atoms with Crippen LogP contribution in [0.5, 0.6) is 0 Å². The number of nitrogens with zero attached hydrogens (tertiary/aromatic N) is 2. The Morgan fingerprint density at radius 3 is 2.87 bits per heavy atom. The molecule has 1 aliphatic carbocycles. The van der Waals surface area contributed by atoms with Crippen LogP contribution in [0.4, 0.5) is 5.69 Å². The summed E-state index contributed by atoms with van der Waals surface area (Å²) >= 11 is 1.71. The van der Waals surface area contributed by atoms with Crippen molar-refractivity contribution in [1.82, 2.24) is 5.43 Å². The van der Waals surface area contributed by atoms with Gasteiger partial charge < -0.3 is 5.32 Å². The Morgan fingerprint density at radius 2 is 2.09 bits per heavy atom. The van der Waals surface area contributed by atoms with Gasteiger partial charge >= 0.3 is 0 Å². The van der Waals surface area contributed by atoms with E-state index in [0.29, 0.717) is 12.5 Å². The van der Waals surface area contributed by atoms with E-state index in [9.17, 15) is 4.79 Å². The average molecular weight is 328 g/mol. The number of amides is 1. The van der Waals surface area contributed by atoms with Crippen molar-refractivity contribution in [1.29, 1.82) is 0 Å². The number of anilines is 1. The van der Waals surface area contributed by atoms with Crippen molar-refractivity contribution in [2.75, 3.05) is 11.1 Å². The van der Waals surface area contributed by atoms with E-state index in [1.807, 2.05) is 18.2 Å². The highest BCUT2D eigenvalue weighted by Crippen LogP contribution is 2.26. The van der Waals surface area contributed by atoms with Gasteiger partial charge in [0, 0.05) is 17.0 Å². The van der Waals surface area contributed by atoms with E-state index in [1.54, 1.807) is 11.8 Å². The van der Waals surface area contributed by atoms with Gasteiger partial charge in [0.15, 0.2) is 5.17 Å². The average Bonchev–Trinajstić information content (AvgIpc) is 2.95. The molecule has 1 amide bonds. The number of fused-ring (bicyclic) bond motifs is 1. The first-order valence-electron chi connectivity index (χ1n) is 8.24. The first-order valence-corrected chi connectivity index (χ1v) is 9.23. The zero-order valence-corrected chi connectivity index (χ0v) is 13.8. The van der Waals surface area contributed by atoms with Gasteiger partial charge in [0.25, 0.3) is 0 Å². The molecule has 1 aromatic rings. The third-order valence-electron chi connectivity index (χ3n) is 4.57. The maximum absolute atomic E-state index is 11.4. The van der Waals surface area contributed by atoms with E-state index in [0.717, 1.165) is 33.4 Å². The molecule has 1 aromatic carbocycles. The fourth-order valence-corrected chi connectivity index (χ4v) is 4.14. The van der Waals surface area contributed by atoms with Crippen molar-refractivity contribution >= 4 is 34.2 Å². The molecule has 2 heterocycles. The Bertz CT molecular complexity index is 692. The van der Waals surface area contributed by atoms with Crippen LogP contribution in [0.3, 0.4) is 0 Å². The molecule has 2 N–H and O–H groups in total. The third-order valence-corrected chi connectivity index (χ3v) is 5.46. The number of aliphatic imine (C=N–C) groups is 1. The number of hydrazone groups is 1. The largest absolute Gasteiger partial charge is 0.326 e. The Morgan fingerprint density at radius 1 is 1.22 bits per heavy atom. The summed E-state index contributed by atoms with van der Waals surface area (Å²) in [5.74, 6) is 0.878. The summed E-state index contributed by atoms with van der Waals surface area (Å²) in [6, 6.07) is 6.54. The van der Waals surface area contributed by atoms with E-state index in [1.165, 1.54) is 32.1 Å². The van der Waals surface area contributed by atoms with E-state index in [4.69, 9.17) is 4.99 Å². The number of rotatable bonds is 2. The summed E-state index contributed by atoms with van der Waals surface area (Å²) in [6.07, 6.45) is 6.81. The Labute approximate surface area is 140 Å². The van der Waals surface area contributed by atoms with Crippen LogP contribution in [-0.2, 0) is 11.2 Å². The van der Waals surface area contributed by atoms with E-state index >= 15 is 0 Å². The first kappa shape index (κ1) is 14.8. The van der Waals surface area contributed by atoms with Crippen LogP contribution in [0.15, 0.2) is 28.3 Å². The predicted molar refractivity (Wildman–Crippen MR) is 95.2 cm³/mol. The molecule has 0 aromatic heterocycles. The van der Waals surface area contributed by atoms with Gasteiger partial charge in [-0.15, -0.1) is 0 Å². The zero-order chi connectivity index (χ0) is 15.6. The number of benzene rings is 1. The van der Waals surface area contributed by atoms with E-state index in [-0.39, 0.29) is 5.91 Å². The smallest absolute Gasteiger partial charge is 0.228 e. The number of carbonyl (C=O) groups is 1. The van der Waals surface area contributed by atoms with Crippen molar-refractivity contribution in [2.24, 2.45) is 10.1 Å². The van der Waals surface area contributed by atoms with Gasteiger partial charge in [-0.2, -0.15) is 5.10 Å². The van der Waals surface area contributed by atoms with Crippen molar-refractivity contribution in [3.63, 3.8) is 0 Å². The fourth-order valence-electron chi connectivity index (χ4n) is 3.30. The standard InChI is InChI=1S/C17H20N4OS/c22-16-9-12-7-6-11(8-14(12)19-16)15-10-23-17(21-20-15)18-13-4-2-1-3-5-13/h6-8,13H,1-5,9-10H2,(H,18,21)(H,19,22). The van der Waals surface area contributed by atoms with Crippen molar-refractivity contribution in [3.05, 3.63) is 29.3 Å². The van der Waals surface area contributed by atoms with Gasteiger partial charge in [0.1, 0.15) is 0 Å². The van der Waals surface area contributed by atoms with Crippen LogP contribution in [0.2, 0.25) is 0 Å². The number of hydrogen-bond acceptors (Lipinski definition) is 4. The molecule has 5 nitrogen and oxygen atoms in total. The quantitative estimate of drug-likeness (QED) is 0.877. The third kappa shape index (κ3) is 3.27. The first-order chi connectivity index (χ1) is 11.3. The molecule has 3 aliphatic rings. The van der Waals surface area contributed by atoms with Gasteiger partial charge in [0.05, 0.1) is 18.2 Å². The minimum atomic E-state index is 0.0668. The lowest BCUT2D eigenvalue weighted by atomic mass is 9.96. The summed E-state index contributed by atoms with van der Waals surface area (Å²) in [5, 5.41) is 8.33. The molecule has 1 saturated carbocycles. The molecule has 0 unspecified atom stereocenters. The number of nitrogens with one attached hydrogen (secondary N) is 2. The molecule has 0 radical (unpaired) electrons. The molecule has 23 heavy (non-hydrogen) atoms. The van der Waals surface area contributed by atoms with Gasteiger partial charge in [-0.05, 0) is 24.5 Å². The van der Waals surface area contributed by atoms with Crippen LogP contribution in [0, 0.1) is 0 Å². The molecular formula is C17H20N4OS. The highest BCUT2D eigenvalue weighted by atomic mass is 32.2. The van der Waals surface area contributed by atoms with Crippen LogP contribution >= 0.6 is 11.8 Å². The molecule has 0 atom stereocenters. The highest BCUT2D eigenvalue weighted by molar-refractivity contribution is 8.14. The molecule has 1 fully saturated rings. The molecule has 2 aliphatic heterocycles. The minimum absolute atomic E-state index is 0.0668. The lowest BCUT2D eigenvalue weighted by Crippen LogP contribution is -2.27. The second-order valence-corrected chi connectivity index (χ2v) is 7.25. The summed E-state index contributed by atoms with van der Waals surface area (Å²) in [7, 11) is 0. The van der Waals surface area contributed by atoms with Crippen LogP contribution in [0.25, 0.3) is 0 Å². The van der Waals surface area contributed by atoms with Gasteiger partial charge in [-0.25, -0.2) is 0 Å². The Balaban J connectivity index is 1.46. The minimum Gasteiger partial charge on any atom is -0.326 e.